The summed E-state index contributed by atoms with van der Waals surface area (Å²) >= 11 is 3.23. The van der Waals surface area contributed by atoms with Crippen LogP contribution in [0.2, 0.25) is 0 Å². The molecule has 2 aliphatic heterocycles. The summed E-state index contributed by atoms with van der Waals surface area (Å²) in [6.45, 7) is 12.8. The molecule has 1 fully saturated rings. The molecule has 8 nitrogen and oxygen atoms in total. The predicted molar refractivity (Wildman–Crippen MR) is 161 cm³/mol. The van der Waals surface area contributed by atoms with E-state index in [2.05, 4.69) is 65.5 Å². The third-order valence-corrected chi connectivity index (χ3v) is 9.22. The number of anilines is 2. The third kappa shape index (κ3) is 7.12. The van der Waals surface area contributed by atoms with Crippen LogP contribution in [0.3, 0.4) is 0 Å². The minimum atomic E-state index is -0.709. The van der Waals surface area contributed by atoms with Gasteiger partial charge in [0.25, 0.3) is 5.91 Å². The lowest BCUT2D eigenvalue weighted by Crippen LogP contribution is -2.34. The van der Waals surface area contributed by atoms with Crippen LogP contribution in [0, 0.1) is 0 Å². The van der Waals surface area contributed by atoms with E-state index in [0.29, 0.717) is 6.67 Å². The molecular formula is C29H37N5O3S2. The number of thiophene rings is 1. The number of carbonyl (C=O) groups is 3. The van der Waals surface area contributed by atoms with E-state index in [1.54, 1.807) is 29.2 Å². The Labute approximate surface area is 238 Å². The molecule has 1 unspecified atom stereocenters. The Bertz CT molecular complexity index is 1250. The number of thioether (sulfide) groups is 1. The van der Waals surface area contributed by atoms with E-state index in [1.165, 1.54) is 38.3 Å². The lowest BCUT2D eigenvalue weighted by molar-refractivity contribution is -0.125. The number of nitrogens with one attached hydrogen (secondary N) is 3. The molecule has 0 radical (unpaired) electrons. The number of unbranched alkanes of at least 4 members (excludes halogenated alkanes) is 2. The fourth-order valence-electron chi connectivity index (χ4n) is 4.53. The molecule has 0 spiro atoms. The molecule has 4 amide bonds. The van der Waals surface area contributed by atoms with Crippen LogP contribution in [0.4, 0.5) is 16.2 Å². The predicted octanol–water partition coefficient (Wildman–Crippen LogP) is 5.78. The first-order valence-corrected chi connectivity index (χ1v) is 15.2. The number of hydrogen-bond acceptors (Lipinski definition) is 8. The minimum Gasteiger partial charge on any atom is -0.372 e. The van der Waals surface area contributed by atoms with Gasteiger partial charge in [0, 0.05) is 52.5 Å². The Kier molecular flexibility index (Phi) is 9.88. The van der Waals surface area contributed by atoms with E-state index in [-0.39, 0.29) is 11.1 Å². The first-order chi connectivity index (χ1) is 18.8. The van der Waals surface area contributed by atoms with Crippen LogP contribution in [-0.2, 0) is 16.0 Å². The summed E-state index contributed by atoms with van der Waals surface area (Å²) in [5.41, 5.74) is 3.47. The minimum absolute atomic E-state index is 0.0445. The fraction of sp³-hybridized carbons (Fsp3) is 0.414. The second-order valence-corrected chi connectivity index (χ2v) is 12.0. The summed E-state index contributed by atoms with van der Waals surface area (Å²) < 4.78 is 0. The van der Waals surface area contributed by atoms with Crippen molar-refractivity contribution in [3.63, 3.8) is 0 Å². The topological polar surface area (TPSA) is 93.8 Å². The smallest absolute Gasteiger partial charge is 0.335 e. The Hall–Kier alpha value is -3.08. The van der Waals surface area contributed by atoms with Crippen molar-refractivity contribution in [1.82, 2.24) is 15.5 Å². The molecule has 10 heteroatoms. The van der Waals surface area contributed by atoms with Crippen LogP contribution >= 0.6 is 23.1 Å². The number of nitrogens with zero attached hydrogens (tertiary/aromatic N) is 2. The van der Waals surface area contributed by atoms with E-state index >= 15 is 0 Å². The zero-order valence-corrected chi connectivity index (χ0v) is 24.5. The van der Waals surface area contributed by atoms with Crippen LogP contribution in [0.25, 0.3) is 6.08 Å². The molecule has 1 saturated heterocycles. The number of imide groups is 2. The molecule has 0 bridgehead atoms. The molecule has 2 aliphatic rings. The number of benzene rings is 1. The van der Waals surface area contributed by atoms with Crippen LogP contribution < -0.4 is 20.9 Å². The van der Waals surface area contributed by atoms with Crippen LogP contribution in [0.15, 0.2) is 53.1 Å². The van der Waals surface area contributed by atoms with Gasteiger partial charge in [-0.1, -0.05) is 33.3 Å². The average Bonchev–Trinajstić information content (AvgIpc) is 3.42. The molecule has 1 atom stereocenters. The van der Waals surface area contributed by atoms with Gasteiger partial charge in [-0.2, -0.15) is 0 Å². The standard InChI is InChI=1S/C29H37N5O3S2/c1-5-7-13-33(14-8-6-2)22-11-9-21(10-12-22)30-18-31-28-19(3)15-25-26(39-28)17-23(38-25)16-24-27(36)32-29(37)34(24)20(4)35/h9-12,16-17,28,30-31H,3,5-8,13-15,18H2,1-2,4H3,(H,32,36,37)/b24-16+. The van der Waals surface area contributed by atoms with Gasteiger partial charge in [-0.3, -0.25) is 20.2 Å². The first-order valence-electron chi connectivity index (χ1n) is 13.5. The maximum Gasteiger partial charge on any atom is 0.335 e. The zero-order valence-electron chi connectivity index (χ0n) is 22.8. The Morgan fingerprint density at radius 1 is 1.18 bits per heavy atom. The van der Waals surface area contributed by atoms with Gasteiger partial charge in [-0.25, -0.2) is 9.69 Å². The fourth-order valence-corrected chi connectivity index (χ4v) is 6.99. The van der Waals surface area contributed by atoms with E-state index in [0.717, 1.165) is 50.3 Å². The van der Waals surface area contributed by atoms with Gasteiger partial charge in [0.15, 0.2) is 0 Å². The van der Waals surface area contributed by atoms with E-state index < -0.39 is 17.8 Å². The highest BCUT2D eigenvalue weighted by Gasteiger charge is 2.36. The molecule has 3 N–H and O–H groups in total. The Morgan fingerprint density at radius 2 is 1.87 bits per heavy atom. The number of amides is 4. The molecule has 0 saturated carbocycles. The summed E-state index contributed by atoms with van der Waals surface area (Å²) in [6.07, 6.45) is 7.13. The number of rotatable bonds is 12. The normalized spacial score (nSPS) is 17.9. The summed E-state index contributed by atoms with van der Waals surface area (Å²) in [7, 11) is 0. The van der Waals surface area contributed by atoms with Gasteiger partial charge in [0.1, 0.15) is 5.70 Å². The molecule has 2 aromatic rings. The Morgan fingerprint density at radius 3 is 2.51 bits per heavy atom. The van der Waals surface area contributed by atoms with Crippen molar-refractivity contribution in [3.8, 4) is 0 Å². The van der Waals surface area contributed by atoms with E-state index in [1.807, 2.05) is 6.07 Å². The second kappa shape index (κ2) is 13.3. The monoisotopic (exact) mass is 567 g/mol. The maximum atomic E-state index is 12.2. The molecule has 0 aliphatic carbocycles. The van der Waals surface area contributed by atoms with Crippen molar-refractivity contribution in [2.24, 2.45) is 0 Å². The summed E-state index contributed by atoms with van der Waals surface area (Å²) in [5.74, 6) is -1.06. The van der Waals surface area contributed by atoms with Crippen molar-refractivity contribution in [2.75, 3.05) is 30.0 Å². The van der Waals surface area contributed by atoms with E-state index in [9.17, 15) is 14.4 Å². The van der Waals surface area contributed by atoms with Crippen LogP contribution in [0.1, 0.15) is 56.2 Å². The van der Waals surface area contributed by atoms with Crippen molar-refractivity contribution < 1.29 is 14.4 Å². The van der Waals surface area contributed by atoms with Gasteiger partial charge in [0.05, 0.1) is 12.0 Å². The number of carbonyl (C=O) groups excluding carboxylic acids is 3. The molecule has 208 valence electrons. The van der Waals surface area contributed by atoms with E-state index in [4.69, 9.17) is 0 Å². The SMILES string of the molecule is C=C1Cc2sc(/C=C3\C(=O)NC(=O)N3C(C)=O)cc2SC1NCNc1ccc(N(CCCC)CCCC)cc1. The first kappa shape index (κ1) is 28.9. The molecule has 3 heterocycles. The van der Waals surface area contributed by atoms with Crippen LogP contribution in [0.5, 0.6) is 0 Å². The van der Waals surface area contributed by atoms with Gasteiger partial charge in [0.2, 0.25) is 5.91 Å². The molecule has 39 heavy (non-hydrogen) atoms. The Balaban J connectivity index is 1.34. The summed E-state index contributed by atoms with van der Waals surface area (Å²) in [4.78, 5) is 42.4. The number of fused-ring (bicyclic) bond motifs is 1. The van der Waals surface area contributed by atoms with Crippen molar-refractivity contribution in [1.29, 1.82) is 0 Å². The highest BCUT2D eigenvalue weighted by molar-refractivity contribution is 8.00. The number of urea groups is 1. The molecule has 1 aromatic heterocycles. The summed E-state index contributed by atoms with van der Waals surface area (Å²) in [5, 5.41) is 9.23. The molecule has 4 rings (SSSR count). The third-order valence-electron chi connectivity index (χ3n) is 6.66. The summed E-state index contributed by atoms with van der Waals surface area (Å²) in [6, 6.07) is 9.95. The molecule has 1 aromatic carbocycles. The van der Waals surface area contributed by atoms with Crippen LogP contribution in [-0.4, -0.2) is 47.9 Å². The van der Waals surface area contributed by atoms with Gasteiger partial charge >= 0.3 is 6.03 Å². The average molecular weight is 568 g/mol. The quantitative estimate of drug-likeness (QED) is 0.129. The highest BCUT2D eigenvalue weighted by Crippen LogP contribution is 2.42. The van der Waals surface area contributed by atoms with Gasteiger partial charge in [-0.05, 0) is 54.8 Å². The zero-order chi connectivity index (χ0) is 27.9. The second-order valence-electron chi connectivity index (χ2n) is 9.71. The molecular weight excluding hydrogens is 530 g/mol. The lowest BCUT2D eigenvalue weighted by Gasteiger charge is -2.26. The lowest BCUT2D eigenvalue weighted by atomic mass is 10.1. The van der Waals surface area contributed by atoms with Gasteiger partial charge in [-0.15, -0.1) is 23.1 Å². The maximum absolute atomic E-state index is 12.2. The van der Waals surface area contributed by atoms with Crippen molar-refractivity contribution >= 4 is 58.4 Å². The van der Waals surface area contributed by atoms with Crippen molar-refractivity contribution in [2.45, 2.75) is 63.1 Å². The largest absolute Gasteiger partial charge is 0.372 e. The van der Waals surface area contributed by atoms with Gasteiger partial charge < -0.3 is 10.2 Å². The number of hydrogen-bond donors (Lipinski definition) is 3. The highest BCUT2D eigenvalue weighted by atomic mass is 32.2. The van der Waals surface area contributed by atoms with Crippen molar-refractivity contribution in [3.05, 3.63) is 57.9 Å².